The highest BCUT2D eigenvalue weighted by molar-refractivity contribution is 5.85. The Morgan fingerprint density at radius 1 is 1.00 bits per heavy atom. The molecule has 0 radical (unpaired) electrons. The van der Waals surface area contributed by atoms with Gasteiger partial charge >= 0.3 is 0 Å². The largest absolute Gasteiger partial charge is 0.497 e. The van der Waals surface area contributed by atoms with Crippen molar-refractivity contribution in [1.29, 1.82) is 0 Å². The Balaban J connectivity index is 0.00000180. The molecule has 0 spiro atoms. The molecule has 0 atom stereocenters. The van der Waals surface area contributed by atoms with E-state index in [0.717, 1.165) is 47.0 Å². The average Bonchev–Trinajstić information content (AvgIpc) is 3.15. The second-order valence-electron chi connectivity index (χ2n) is 6.28. The van der Waals surface area contributed by atoms with E-state index in [0.29, 0.717) is 5.95 Å². The first-order chi connectivity index (χ1) is 12.8. The molecule has 0 saturated heterocycles. The molecule has 5 rings (SSSR count). The van der Waals surface area contributed by atoms with E-state index in [2.05, 4.69) is 22.4 Å². The lowest BCUT2D eigenvalue weighted by atomic mass is 9.90. The molecule has 1 N–H and O–H groups in total. The number of rotatable bonds is 3. The molecule has 7 heteroatoms. The fourth-order valence-electron chi connectivity index (χ4n) is 3.39. The van der Waals surface area contributed by atoms with E-state index < -0.39 is 0 Å². The van der Waals surface area contributed by atoms with Gasteiger partial charge in [0.15, 0.2) is 11.5 Å². The Hall–Kier alpha value is -2.99. The molecule has 2 heterocycles. The van der Waals surface area contributed by atoms with E-state index in [9.17, 15) is 0 Å². The van der Waals surface area contributed by atoms with Gasteiger partial charge in [0.2, 0.25) is 12.7 Å². The second kappa shape index (κ2) is 6.96. The zero-order chi connectivity index (χ0) is 17.5. The van der Waals surface area contributed by atoms with Gasteiger partial charge < -0.3 is 19.5 Å². The summed E-state index contributed by atoms with van der Waals surface area (Å²) in [6.45, 7) is 0.258. The van der Waals surface area contributed by atoms with E-state index in [1.807, 2.05) is 30.5 Å². The highest BCUT2D eigenvalue weighted by Crippen LogP contribution is 2.36. The molecule has 0 saturated carbocycles. The van der Waals surface area contributed by atoms with E-state index in [4.69, 9.17) is 19.2 Å². The number of aryl methyl sites for hydroxylation is 2. The van der Waals surface area contributed by atoms with Gasteiger partial charge in [-0.3, -0.25) is 0 Å². The summed E-state index contributed by atoms with van der Waals surface area (Å²) in [6, 6.07) is 11.8. The number of aromatic nitrogens is 2. The third-order valence-electron chi connectivity index (χ3n) is 4.72. The number of nitrogens with one attached hydrogen (secondary N) is 1. The van der Waals surface area contributed by atoms with Crippen molar-refractivity contribution in [3.63, 3.8) is 0 Å². The summed E-state index contributed by atoms with van der Waals surface area (Å²) in [6.07, 6.45) is 3.81. The van der Waals surface area contributed by atoms with Gasteiger partial charge in [-0.25, -0.2) is 9.97 Å². The van der Waals surface area contributed by atoms with Crippen LogP contribution in [-0.2, 0) is 12.8 Å². The van der Waals surface area contributed by atoms with E-state index in [1.165, 1.54) is 11.1 Å². The van der Waals surface area contributed by atoms with Crippen molar-refractivity contribution in [2.75, 3.05) is 19.2 Å². The third-order valence-corrected chi connectivity index (χ3v) is 4.72. The zero-order valence-corrected chi connectivity index (χ0v) is 15.5. The molecule has 2 aromatic carbocycles. The highest BCUT2D eigenvalue weighted by atomic mass is 35.5. The first-order valence-electron chi connectivity index (χ1n) is 8.50. The van der Waals surface area contributed by atoms with Crippen molar-refractivity contribution in [3.8, 4) is 28.5 Å². The molecule has 6 nitrogen and oxygen atoms in total. The topological polar surface area (TPSA) is 65.5 Å². The van der Waals surface area contributed by atoms with Gasteiger partial charge in [-0.2, -0.15) is 0 Å². The molecular weight excluding hydrogens is 366 g/mol. The number of halogens is 1. The number of methoxy groups -OCH3 is 1. The van der Waals surface area contributed by atoms with Gasteiger partial charge in [0.1, 0.15) is 5.75 Å². The first-order valence-corrected chi connectivity index (χ1v) is 8.50. The van der Waals surface area contributed by atoms with Crippen LogP contribution in [0.5, 0.6) is 17.2 Å². The van der Waals surface area contributed by atoms with Crippen molar-refractivity contribution in [3.05, 3.63) is 53.7 Å². The van der Waals surface area contributed by atoms with Crippen LogP contribution in [0.25, 0.3) is 11.3 Å². The maximum Gasteiger partial charge on any atom is 0.231 e. The van der Waals surface area contributed by atoms with Crippen molar-refractivity contribution < 1.29 is 14.2 Å². The summed E-state index contributed by atoms with van der Waals surface area (Å²) >= 11 is 0. The normalized spacial score (nSPS) is 13.2. The van der Waals surface area contributed by atoms with E-state index >= 15 is 0 Å². The molecule has 1 aliphatic carbocycles. The summed E-state index contributed by atoms with van der Waals surface area (Å²) in [4.78, 5) is 9.23. The lowest BCUT2D eigenvalue weighted by Crippen LogP contribution is -2.09. The predicted molar refractivity (Wildman–Crippen MR) is 105 cm³/mol. The van der Waals surface area contributed by atoms with Crippen LogP contribution in [0.1, 0.15) is 11.1 Å². The van der Waals surface area contributed by atoms with E-state index in [1.54, 1.807) is 7.11 Å². The summed E-state index contributed by atoms with van der Waals surface area (Å²) in [5.74, 6) is 2.92. The second-order valence-corrected chi connectivity index (χ2v) is 6.28. The molecule has 0 fully saturated rings. The van der Waals surface area contributed by atoms with Gasteiger partial charge in [0.25, 0.3) is 0 Å². The maximum atomic E-state index is 5.42. The van der Waals surface area contributed by atoms with Crippen LogP contribution in [0.2, 0.25) is 0 Å². The minimum Gasteiger partial charge on any atom is -0.497 e. The monoisotopic (exact) mass is 383 g/mol. The number of anilines is 2. The van der Waals surface area contributed by atoms with E-state index in [-0.39, 0.29) is 19.2 Å². The van der Waals surface area contributed by atoms with Gasteiger partial charge in [-0.15, -0.1) is 12.4 Å². The fraction of sp³-hybridized carbons (Fsp3) is 0.200. The van der Waals surface area contributed by atoms with Gasteiger partial charge in [-0.1, -0.05) is 0 Å². The van der Waals surface area contributed by atoms with Gasteiger partial charge in [-0.05, 0) is 54.3 Å². The molecule has 1 aliphatic heterocycles. The highest BCUT2D eigenvalue weighted by Gasteiger charge is 2.20. The summed E-state index contributed by atoms with van der Waals surface area (Å²) in [5, 5.41) is 3.25. The Bertz CT molecular complexity index is 1010. The van der Waals surface area contributed by atoms with Crippen LogP contribution in [0.3, 0.4) is 0 Å². The molecular formula is C20H18ClN3O3. The molecule has 27 heavy (non-hydrogen) atoms. The molecule has 138 valence electrons. The Morgan fingerprint density at radius 2 is 1.85 bits per heavy atom. The maximum absolute atomic E-state index is 5.42. The smallest absolute Gasteiger partial charge is 0.231 e. The number of benzene rings is 2. The van der Waals surface area contributed by atoms with Crippen molar-refractivity contribution in [2.45, 2.75) is 12.8 Å². The van der Waals surface area contributed by atoms with Crippen molar-refractivity contribution in [2.24, 2.45) is 0 Å². The van der Waals surface area contributed by atoms with Gasteiger partial charge in [0.05, 0.1) is 12.8 Å². The zero-order valence-electron chi connectivity index (χ0n) is 14.7. The van der Waals surface area contributed by atoms with Crippen LogP contribution in [0.15, 0.2) is 42.6 Å². The minimum absolute atomic E-state index is 0. The lowest BCUT2D eigenvalue weighted by molar-refractivity contribution is 0.174. The third kappa shape index (κ3) is 3.13. The molecule has 1 aromatic heterocycles. The Labute approximate surface area is 162 Å². The minimum atomic E-state index is 0. The Kier molecular flexibility index (Phi) is 4.49. The number of hydrogen-bond donors (Lipinski definition) is 1. The van der Waals surface area contributed by atoms with Crippen LogP contribution in [-0.4, -0.2) is 23.9 Å². The predicted octanol–water partition coefficient (Wildman–Crippen LogP) is 4.14. The van der Waals surface area contributed by atoms with Crippen LogP contribution in [0.4, 0.5) is 11.6 Å². The van der Waals surface area contributed by atoms with Gasteiger partial charge in [0, 0.05) is 23.5 Å². The molecule has 0 unspecified atom stereocenters. The standard InChI is InChI=1S/C20H17N3O3.ClH/c1-24-15-5-6-16-12(8-15)2-3-13-10-21-20(23-19(13)16)22-14-4-7-17-18(9-14)26-11-25-17;/h4-10H,2-3,11H2,1H3,(H,21,22,23);1H. The molecule has 0 bridgehead atoms. The molecule has 0 amide bonds. The quantitative estimate of drug-likeness (QED) is 0.733. The molecule has 2 aliphatic rings. The SMILES string of the molecule is COc1ccc2c(c1)CCc1cnc(Nc3ccc4c(c3)OCO4)nc1-2.Cl. The molecule has 3 aromatic rings. The number of nitrogens with zero attached hydrogens (tertiary/aromatic N) is 2. The summed E-state index contributed by atoms with van der Waals surface area (Å²) in [7, 11) is 1.69. The number of fused-ring (bicyclic) bond motifs is 4. The summed E-state index contributed by atoms with van der Waals surface area (Å²) in [5.41, 5.74) is 5.40. The van der Waals surface area contributed by atoms with Crippen LogP contribution < -0.4 is 19.5 Å². The number of hydrogen-bond acceptors (Lipinski definition) is 6. The summed E-state index contributed by atoms with van der Waals surface area (Å²) < 4.78 is 16.1. The first kappa shape index (κ1) is 17.4. The van der Waals surface area contributed by atoms with Crippen LogP contribution >= 0.6 is 12.4 Å². The number of ether oxygens (including phenoxy) is 3. The van der Waals surface area contributed by atoms with Crippen molar-refractivity contribution >= 4 is 24.0 Å². The lowest BCUT2D eigenvalue weighted by Gasteiger charge is -2.20. The Morgan fingerprint density at radius 3 is 2.74 bits per heavy atom. The van der Waals surface area contributed by atoms with Crippen LogP contribution in [0, 0.1) is 0 Å². The fourth-order valence-corrected chi connectivity index (χ4v) is 3.39. The van der Waals surface area contributed by atoms with Crippen molar-refractivity contribution in [1.82, 2.24) is 9.97 Å². The average molecular weight is 384 g/mol.